The summed E-state index contributed by atoms with van der Waals surface area (Å²) in [6.07, 6.45) is 32.9. The minimum atomic E-state index is -1.04. The first kappa shape index (κ1) is 42.7. The van der Waals surface area contributed by atoms with E-state index in [0.29, 0.717) is 16.5 Å². The Kier molecular flexibility index (Phi) is 29.4. The third-order valence-corrected chi connectivity index (χ3v) is 9.83. The number of aliphatic hydroxyl groups is 2. The molecule has 5 nitrogen and oxygen atoms in total. The van der Waals surface area contributed by atoms with E-state index < -0.39 is 31.0 Å². The van der Waals surface area contributed by atoms with E-state index >= 15 is 0 Å². The van der Waals surface area contributed by atoms with Crippen molar-refractivity contribution in [1.82, 2.24) is 0 Å². The maximum Gasteiger partial charge on any atom is 0.167 e. The quantitative estimate of drug-likeness (QED) is 0.0544. The number of hydrogen-bond donors (Lipinski definition) is 2. The lowest BCUT2D eigenvalue weighted by atomic mass is 10.0. The van der Waals surface area contributed by atoms with Crippen LogP contribution in [0.1, 0.15) is 194 Å². The van der Waals surface area contributed by atoms with Crippen LogP contribution in [0.5, 0.6) is 0 Å². The molecule has 266 valence electrons. The predicted octanol–water partition coefficient (Wildman–Crippen LogP) is 11.1. The molecule has 0 aromatic rings. The normalized spacial score (nSPS) is 18.7. The lowest BCUT2D eigenvalue weighted by Crippen LogP contribution is -2.44. The van der Waals surface area contributed by atoms with E-state index in [1.807, 2.05) is 0 Å². The van der Waals surface area contributed by atoms with Crippen molar-refractivity contribution in [3.63, 3.8) is 0 Å². The summed E-state index contributed by atoms with van der Waals surface area (Å²) in [5, 5.41) is 21.0. The summed E-state index contributed by atoms with van der Waals surface area (Å²) in [5.41, 5.74) is 0. The van der Waals surface area contributed by atoms with Gasteiger partial charge in [0, 0.05) is 12.8 Å². The molecule has 4 atom stereocenters. The number of ether oxygens (including phenoxy) is 3. The molecule has 1 aliphatic heterocycles. The van der Waals surface area contributed by atoms with Crippen LogP contribution in [0, 0.1) is 0 Å². The fourth-order valence-electron chi connectivity index (χ4n) is 6.30. The van der Waals surface area contributed by atoms with Gasteiger partial charge in [0.15, 0.2) is 22.3 Å². The van der Waals surface area contributed by atoms with Crippen molar-refractivity contribution in [1.29, 1.82) is 0 Å². The van der Waals surface area contributed by atoms with Crippen LogP contribution in [0.2, 0.25) is 0 Å². The van der Waals surface area contributed by atoms with Gasteiger partial charge in [0.25, 0.3) is 0 Å². The molecule has 0 aromatic heterocycles. The van der Waals surface area contributed by atoms with Crippen LogP contribution in [0.3, 0.4) is 0 Å². The Morgan fingerprint density at radius 3 is 1.27 bits per heavy atom. The van der Waals surface area contributed by atoms with Crippen molar-refractivity contribution in [2.45, 2.75) is 218 Å². The zero-order chi connectivity index (χ0) is 32.8. The summed E-state index contributed by atoms with van der Waals surface area (Å²) in [4.78, 5) is 0. The van der Waals surface area contributed by atoms with Gasteiger partial charge in [-0.25, -0.2) is 0 Å². The van der Waals surface area contributed by atoms with Gasteiger partial charge in [-0.2, -0.15) is 0 Å². The molecule has 0 aromatic carbocycles. The number of hydrogen-bond acceptors (Lipinski definition) is 7. The molecule has 0 radical (unpaired) electrons. The van der Waals surface area contributed by atoms with Crippen LogP contribution >= 0.6 is 24.4 Å². The molecular formula is C38H72O5S2. The smallest absolute Gasteiger partial charge is 0.167 e. The highest BCUT2D eigenvalue weighted by Gasteiger charge is 2.45. The second kappa shape index (κ2) is 31.0. The highest BCUT2D eigenvalue weighted by molar-refractivity contribution is 7.80. The molecule has 0 bridgehead atoms. The maximum atomic E-state index is 10.3. The first-order valence-electron chi connectivity index (χ1n) is 19.3. The molecule has 7 heteroatoms. The summed E-state index contributed by atoms with van der Waals surface area (Å²) >= 11 is 11.1. The number of rotatable bonds is 32. The topological polar surface area (TPSA) is 68.2 Å². The van der Waals surface area contributed by atoms with E-state index in [1.54, 1.807) is 0 Å². The fourth-order valence-corrected chi connectivity index (χ4v) is 6.82. The lowest BCUT2D eigenvalue weighted by molar-refractivity contribution is -0.0639. The van der Waals surface area contributed by atoms with Gasteiger partial charge < -0.3 is 24.4 Å². The van der Waals surface area contributed by atoms with Crippen molar-refractivity contribution in [3.05, 3.63) is 0 Å². The van der Waals surface area contributed by atoms with E-state index in [-0.39, 0.29) is 6.61 Å². The summed E-state index contributed by atoms with van der Waals surface area (Å²) in [5.74, 6) is 0. The van der Waals surface area contributed by atoms with Gasteiger partial charge in [-0.15, -0.1) is 0 Å². The molecule has 45 heavy (non-hydrogen) atoms. The van der Waals surface area contributed by atoms with E-state index in [2.05, 4.69) is 13.8 Å². The third kappa shape index (κ3) is 23.6. The Morgan fingerprint density at radius 2 is 0.911 bits per heavy atom. The van der Waals surface area contributed by atoms with Gasteiger partial charge in [0.05, 0.1) is 13.2 Å². The molecule has 2 N–H and O–H groups in total. The van der Waals surface area contributed by atoms with Gasteiger partial charge in [-0.3, -0.25) is 0 Å². The van der Waals surface area contributed by atoms with Crippen LogP contribution in [0.25, 0.3) is 0 Å². The summed E-state index contributed by atoms with van der Waals surface area (Å²) in [6, 6.07) is 0. The second-order valence-corrected chi connectivity index (χ2v) is 14.4. The van der Waals surface area contributed by atoms with Gasteiger partial charge in [-0.05, 0) is 37.3 Å². The monoisotopic (exact) mass is 672 g/mol. The lowest BCUT2D eigenvalue weighted by Gasteiger charge is -2.27. The average Bonchev–Trinajstić information content (AvgIpc) is 3.42. The van der Waals surface area contributed by atoms with E-state index in [0.717, 1.165) is 32.1 Å². The Labute approximate surface area is 289 Å². The maximum absolute atomic E-state index is 10.3. The van der Waals surface area contributed by atoms with Crippen molar-refractivity contribution in [3.8, 4) is 0 Å². The molecule has 1 rings (SSSR count). The molecule has 1 fully saturated rings. The standard InChI is InChI=1S/C38H72O5S2/c1-3-5-7-9-11-13-15-17-19-21-23-25-27-29-35(44)42-34-32-41-37(33(40)31-39)38(34)43-36(45)30-28-26-24-22-20-18-16-14-12-10-8-6-4-2/h33-34,37-40H,3-32H2,1-2H3/t33-,34+,37-,38-/m0/s1. The largest absolute Gasteiger partial charge is 0.477 e. The molecular weight excluding hydrogens is 601 g/mol. The zero-order valence-corrected chi connectivity index (χ0v) is 31.1. The summed E-state index contributed by atoms with van der Waals surface area (Å²) in [6.45, 7) is 4.42. The summed E-state index contributed by atoms with van der Waals surface area (Å²) < 4.78 is 18.0. The minimum Gasteiger partial charge on any atom is -0.477 e. The minimum absolute atomic E-state index is 0.270. The predicted molar refractivity (Wildman–Crippen MR) is 198 cm³/mol. The first-order chi connectivity index (χ1) is 22.0. The van der Waals surface area contributed by atoms with E-state index in [1.165, 1.54) is 141 Å². The van der Waals surface area contributed by atoms with Crippen LogP contribution in [-0.2, 0) is 14.2 Å². The van der Waals surface area contributed by atoms with Crippen LogP contribution < -0.4 is 0 Å². The van der Waals surface area contributed by atoms with Crippen LogP contribution in [0.4, 0.5) is 0 Å². The highest BCUT2D eigenvalue weighted by atomic mass is 32.1. The summed E-state index contributed by atoms with van der Waals surface area (Å²) in [7, 11) is 0. The van der Waals surface area contributed by atoms with E-state index in [9.17, 15) is 10.2 Å². The number of aliphatic hydroxyl groups excluding tert-OH is 2. The van der Waals surface area contributed by atoms with Crippen molar-refractivity contribution >= 4 is 34.5 Å². The second-order valence-electron chi connectivity index (χ2n) is 13.5. The molecule has 1 heterocycles. The Morgan fingerprint density at radius 1 is 0.578 bits per heavy atom. The third-order valence-electron chi connectivity index (χ3n) is 9.23. The SMILES string of the molecule is CCCCCCCCCCCCCCCC(=S)O[C@@H]1[C@H]([C@@H](O)CO)OC[C@H]1OC(=S)CCCCCCCCCCCCCCC. The Balaban J connectivity index is 2.17. The highest BCUT2D eigenvalue weighted by Crippen LogP contribution is 2.26. The number of unbranched alkanes of at least 4 members (excludes halogenated alkanes) is 24. The Hall–Kier alpha value is -0.340. The Bertz CT molecular complexity index is 691. The molecule has 0 amide bonds. The molecule has 0 saturated carbocycles. The van der Waals surface area contributed by atoms with Gasteiger partial charge in [0.2, 0.25) is 0 Å². The van der Waals surface area contributed by atoms with E-state index in [4.69, 9.17) is 38.6 Å². The van der Waals surface area contributed by atoms with Crippen molar-refractivity contribution in [2.24, 2.45) is 0 Å². The first-order valence-corrected chi connectivity index (χ1v) is 20.1. The van der Waals surface area contributed by atoms with Gasteiger partial charge in [0.1, 0.15) is 12.2 Å². The molecule has 0 aliphatic carbocycles. The zero-order valence-electron chi connectivity index (χ0n) is 29.5. The van der Waals surface area contributed by atoms with Crippen molar-refractivity contribution in [2.75, 3.05) is 13.2 Å². The molecule has 0 spiro atoms. The molecule has 1 saturated heterocycles. The molecule has 0 unspecified atom stereocenters. The van der Waals surface area contributed by atoms with Crippen LogP contribution in [0.15, 0.2) is 0 Å². The molecule has 1 aliphatic rings. The fraction of sp³-hybridized carbons (Fsp3) is 0.947. The van der Waals surface area contributed by atoms with Crippen molar-refractivity contribution < 1.29 is 24.4 Å². The number of thiocarbonyl (C=S) groups is 2. The van der Waals surface area contributed by atoms with Gasteiger partial charge >= 0.3 is 0 Å². The van der Waals surface area contributed by atoms with Crippen LogP contribution in [-0.4, -0.2) is 57.9 Å². The van der Waals surface area contributed by atoms with Gasteiger partial charge in [-0.1, -0.05) is 168 Å². The average molecular weight is 673 g/mol.